The summed E-state index contributed by atoms with van der Waals surface area (Å²) in [6.07, 6.45) is -3.70. The Morgan fingerprint density at radius 2 is 2.05 bits per heavy atom. The van der Waals surface area contributed by atoms with Crippen LogP contribution in [0.25, 0.3) is 0 Å². The largest absolute Gasteiger partial charge is 0.434 e. The molecule has 0 aliphatic carbocycles. The van der Waals surface area contributed by atoms with E-state index in [-0.39, 0.29) is 17.6 Å². The average Bonchev–Trinajstić information content (AvgIpc) is 2.95. The van der Waals surface area contributed by atoms with Gasteiger partial charge in [-0.05, 0) is 18.1 Å². The number of anilines is 2. The van der Waals surface area contributed by atoms with E-state index in [1.54, 1.807) is 12.1 Å². The van der Waals surface area contributed by atoms with Crippen molar-refractivity contribution in [3.63, 3.8) is 0 Å². The number of carbonyl (C=O) groups is 1. The van der Waals surface area contributed by atoms with Gasteiger partial charge in [0.2, 0.25) is 5.91 Å². The van der Waals surface area contributed by atoms with Crippen molar-refractivity contribution in [2.75, 3.05) is 17.2 Å². The topological polar surface area (TPSA) is 54.0 Å². The zero-order chi connectivity index (χ0) is 16.2. The van der Waals surface area contributed by atoms with Gasteiger partial charge >= 0.3 is 6.18 Å². The number of halogens is 3. The SMILES string of the molecule is CCc1ccccc1NC(=O)CNc1nc(C(F)(F)F)cs1. The first-order chi connectivity index (χ1) is 10.4. The second kappa shape index (κ2) is 6.78. The number of hydrogen-bond donors (Lipinski definition) is 2. The fraction of sp³-hybridized carbons (Fsp3) is 0.286. The molecule has 0 atom stereocenters. The molecule has 2 aromatic rings. The van der Waals surface area contributed by atoms with Crippen LogP contribution in [0.2, 0.25) is 0 Å². The third kappa shape index (κ3) is 4.20. The van der Waals surface area contributed by atoms with Crippen LogP contribution >= 0.6 is 11.3 Å². The maximum atomic E-state index is 12.4. The maximum absolute atomic E-state index is 12.4. The van der Waals surface area contributed by atoms with Crippen molar-refractivity contribution in [3.8, 4) is 0 Å². The molecular weight excluding hydrogens is 315 g/mol. The third-order valence-corrected chi connectivity index (χ3v) is 3.67. The summed E-state index contributed by atoms with van der Waals surface area (Å²) in [6.45, 7) is 1.82. The Balaban J connectivity index is 1.92. The number of rotatable bonds is 5. The number of aromatic nitrogens is 1. The number of nitrogens with zero attached hydrogens (tertiary/aromatic N) is 1. The standard InChI is InChI=1S/C14H14F3N3OS/c1-2-9-5-3-4-6-10(9)19-12(21)7-18-13-20-11(8-22-13)14(15,16)17/h3-6,8H,2,7H2,1H3,(H,18,20)(H,19,21). The fourth-order valence-corrected chi connectivity index (χ4v) is 2.50. The lowest BCUT2D eigenvalue weighted by molar-refractivity contribution is -0.140. The molecule has 0 spiro atoms. The lowest BCUT2D eigenvalue weighted by Crippen LogP contribution is -2.22. The van der Waals surface area contributed by atoms with Crippen LogP contribution in [0.1, 0.15) is 18.2 Å². The molecule has 0 saturated heterocycles. The van der Waals surface area contributed by atoms with Gasteiger partial charge in [-0.25, -0.2) is 4.98 Å². The number of para-hydroxylation sites is 1. The predicted octanol–water partition coefficient (Wildman–Crippen LogP) is 3.77. The molecule has 2 N–H and O–H groups in total. The van der Waals surface area contributed by atoms with Gasteiger partial charge in [-0.2, -0.15) is 13.2 Å². The number of alkyl halides is 3. The highest BCUT2D eigenvalue weighted by Crippen LogP contribution is 2.31. The van der Waals surface area contributed by atoms with Crippen LogP contribution in [-0.4, -0.2) is 17.4 Å². The van der Waals surface area contributed by atoms with Crippen molar-refractivity contribution in [1.82, 2.24) is 4.98 Å². The normalized spacial score (nSPS) is 11.3. The molecule has 0 bridgehead atoms. The van der Waals surface area contributed by atoms with Crippen molar-refractivity contribution in [1.29, 1.82) is 0 Å². The Morgan fingerprint density at radius 3 is 2.68 bits per heavy atom. The second-order valence-electron chi connectivity index (χ2n) is 4.45. The lowest BCUT2D eigenvalue weighted by Gasteiger charge is -2.09. The summed E-state index contributed by atoms with van der Waals surface area (Å²) >= 11 is 0.810. The molecule has 0 unspecified atom stereocenters. The highest BCUT2D eigenvalue weighted by molar-refractivity contribution is 7.13. The molecule has 0 radical (unpaired) electrons. The van der Waals surface area contributed by atoms with E-state index in [0.717, 1.165) is 28.7 Å². The van der Waals surface area contributed by atoms with Crippen molar-refractivity contribution in [2.45, 2.75) is 19.5 Å². The zero-order valence-electron chi connectivity index (χ0n) is 11.7. The molecule has 1 aromatic heterocycles. The summed E-state index contributed by atoms with van der Waals surface area (Å²) in [5.74, 6) is -0.343. The van der Waals surface area contributed by atoms with E-state index < -0.39 is 11.9 Å². The first-order valence-electron chi connectivity index (χ1n) is 6.54. The van der Waals surface area contributed by atoms with E-state index in [4.69, 9.17) is 0 Å². The monoisotopic (exact) mass is 329 g/mol. The van der Waals surface area contributed by atoms with Crippen molar-refractivity contribution in [2.24, 2.45) is 0 Å². The van der Waals surface area contributed by atoms with Gasteiger partial charge in [-0.1, -0.05) is 25.1 Å². The van der Waals surface area contributed by atoms with Gasteiger partial charge in [0.15, 0.2) is 10.8 Å². The van der Waals surface area contributed by atoms with E-state index in [9.17, 15) is 18.0 Å². The van der Waals surface area contributed by atoms with Gasteiger partial charge in [0.25, 0.3) is 0 Å². The van der Waals surface area contributed by atoms with E-state index >= 15 is 0 Å². The number of carbonyl (C=O) groups excluding carboxylic acids is 1. The minimum absolute atomic E-state index is 0.0613. The Labute approximate surface area is 129 Å². The van der Waals surface area contributed by atoms with Crippen LogP contribution in [0, 0.1) is 0 Å². The Bertz CT molecular complexity index is 655. The molecule has 1 aromatic carbocycles. The van der Waals surface area contributed by atoms with Crippen LogP contribution in [0.4, 0.5) is 24.0 Å². The Kier molecular flexibility index (Phi) is 5.02. The summed E-state index contributed by atoms with van der Waals surface area (Å²) in [7, 11) is 0. The molecule has 1 amide bonds. The molecule has 1 heterocycles. The minimum atomic E-state index is -4.47. The smallest absolute Gasteiger partial charge is 0.352 e. The number of benzene rings is 1. The molecule has 4 nitrogen and oxygen atoms in total. The minimum Gasteiger partial charge on any atom is -0.352 e. The molecule has 22 heavy (non-hydrogen) atoms. The molecule has 8 heteroatoms. The number of thiazole rings is 1. The quantitative estimate of drug-likeness (QED) is 0.878. The summed E-state index contributed by atoms with van der Waals surface area (Å²) in [6, 6.07) is 7.36. The first-order valence-corrected chi connectivity index (χ1v) is 7.42. The summed E-state index contributed by atoms with van der Waals surface area (Å²) in [4.78, 5) is 15.2. The lowest BCUT2D eigenvalue weighted by atomic mass is 10.1. The molecular formula is C14H14F3N3OS. The number of aryl methyl sites for hydroxylation is 1. The van der Waals surface area contributed by atoms with E-state index in [0.29, 0.717) is 5.69 Å². The summed E-state index contributed by atoms with van der Waals surface area (Å²) in [5, 5.41) is 6.28. The third-order valence-electron chi connectivity index (χ3n) is 2.87. The maximum Gasteiger partial charge on any atom is 0.434 e. The van der Waals surface area contributed by atoms with Crippen LogP contribution < -0.4 is 10.6 Å². The van der Waals surface area contributed by atoms with E-state index in [1.807, 2.05) is 19.1 Å². The first kappa shape index (κ1) is 16.3. The van der Waals surface area contributed by atoms with Crippen LogP contribution in [0.15, 0.2) is 29.6 Å². The number of amides is 1. The molecule has 2 rings (SSSR count). The van der Waals surface area contributed by atoms with E-state index in [2.05, 4.69) is 15.6 Å². The van der Waals surface area contributed by atoms with Crippen LogP contribution in [0.5, 0.6) is 0 Å². The second-order valence-corrected chi connectivity index (χ2v) is 5.31. The van der Waals surface area contributed by atoms with Crippen LogP contribution in [-0.2, 0) is 17.4 Å². The van der Waals surface area contributed by atoms with E-state index in [1.165, 1.54) is 0 Å². The van der Waals surface area contributed by atoms with Crippen molar-refractivity contribution < 1.29 is 18.0 Å². The molecule has 118 valence electrons. The van der Waals surface area contributed by atoms with Gasteiger partial charge < -0.3 is 10.6 Å². The summed E-state index contributed by atoms with van der Waals surface area (Å²) in [5.41, 5.74) is 0.730. The number of nitrogens with one attached hydrogen (secondary N) is 2. The average molecular weight is 329 g/mol. The predicted molar refractivity (Wildman–Crippen MR) is 80.1 cm³/mol. The molecule has 0 saturated carbocycles. The van der Waals surface area contributed by atoms with Gasteiger partial charge in [0.1, 0.15) is 0 Å². The van der Waals surface area contributed by atoms with Crippen molar-refractivity contribution >= 4 is 28.1 Å². The highest BCUT2D eigenvalue weighted by atomic mass is 32.1. The Morgan fingerprint density at radius 1 is 1.32 bits per heavy atom. The Hall–Kier alpha value is -2.09. The highest BCUT2D eigenvalue weighted by Gasteiger charge is 2.33. The number of hydrogen-bond acceptors (Lipinski definition) is 4. The molecule has 0 fully saturated rings. The van der Waals surface area contributed by atoms with Gasteiger partial charge in [0.05, 0.1) is 6.54 Å². The van der Waals surface area contributed by atoms with Crippen LogP contribution in [0.3, 0.4) is 0 Å². The fourth-order valence-electron chi connectivity index (χ4n) is 1.79. The zero-order valence-corrected chi connectivity index (χ0v) is 12.5. The summed E-state index contributed by atoms with van der Waals surface area (Å²) < 4.78 is 37.2. The molecule has 0 aliphatic rings. The molecule has 0 aliphatic heterocycles. The van der Waals surface area contributed by atoms with Gasteiger partial charge in [-0.3, -0.25) is 4.79 Å². The van der Waals surface area contributed by atoms with Gasteiger partial charge in [0, 0.05) is 11.1 Å². The van der Waals surface area contributed by atoms with Gasteiger partial charge in [-0.15, -0.1) is 11.3 Å². The van der Waals surface area contributed by atoms with Crippen molar-refractivity contribution in [3.05, 3.63) is 40.9 Å².